The standard InChI is InChI=1S/C6H8N4.C2H6/c1-2-3-4-5-8-6(7)10-9-5;1-2/h1H,3-4H2,(H3,7,8,9,10);1-2H3. The van der Waals surface area contributed by atoms with Gasteiger partial charge in [0.15, 0.2) is 0 Å². The predicted octanol–water partition coefficient (Wildman–Crippen LogP) is 0.979. The van der Waals surface area contributed by atoms with Crippen LogP contribution in [0.4, 0.5) is 5.95 Å². The highest BCUT2D eigenvalue weighted by Crippen LogP contribution is 1.95. The summed E-state index contributed by atoms with van der Waals surface area (Å²) in [5.74, 6) is 3.51. The number of terminal acetylenes is 1. The van der Waals surface area contributed by atoms with E-state index in [1.807, 2.05) is 13.8 Å². The second-order valence-electron chi connectivity index (χ2n) is 1.84. The van der Waals surface area contributed by atoms with Gasteiger partial charge in [-0.3, -0.25) is 5.10 Å². The Morgan fingerprint density at radius 3 is 2.67 bits per heavy atom. The van der Waals surface area contributed by atoms with Gasteiger partial charge in [0.2, 0.25) is 5.95 Å². The van der Waals surface area contributed by atoms with Crippen LogP contribution >= 0.6 is 0 Å². The maximum Gasteiger partial charge on any atom is 0.239 e. The zero-order valence-electron chi connectivity index (χ0n) is 7.46. The van der Waals surface area contributed by atoms with E-state index in [4.69, 9.17) is 12.2 Å². The van der Waals surface area contributed by atoms with Crippen LogP contribution in [0.5, 0.6) is 0 Å². The summed E-state index contributed by atoms with van der Waals surface area (Å²) < 4.78 is 0. The Labute approximate surface area is 72.6 Å². The number of nitrogens with one attached hydrogen (secondary N) is 1. The summed E-state index contributed by atoms with van der Waals surface area (Å²) in [6, 6.07) is 0. The molecule has 0 unspecified atom stereocenters. The zero-order valence-corrected chi connectivity index (χ0v) is 7.46. The van der Waals surface area contributed by atoms with E-state index in [1.54, 1.807) is 0 Å². The molecule has 3 N–H and O–H groups in total. The first-order valence-electron chi connectivity index (χ1n) is 3.93. The average molecular weight is 166 g/mol. The van der Waals surface area contributed by atoms with Crippen molar-refractivity contribution in [2.24, 2.45) is 0 Å². The minimum absolute atomic E-state index is 0.270. The second-order valence-corrected chi connectivity index (χ2v) is 1.84. The quantitative estimate of drug-likeness (QED) is 0.643. The number of rotatable bonds is 2. The van der Waals surface area contributed by atoms with Crippen molar-refractivity contribution in [3.8, 4) is 12.3 Å². The molecule has 4 nitrogen and oxygen atoms in total. The summed E-state index contributed by atoms with van der Waals surface area (Å²) in [6.07, 6.45) is 6.41. The molecule has 0 fully saturated rings. The first kappa shape index (κ1) is 10.5. The van der Waals surface area contributed by atoms with Crippen molar-refractivity contribution >= 4 is 5.95 Å². The molecular formula is C8H14N4. The number of nitrogens with zero attached hydrogens (tertiary/aromatic N) is 2. The number of anilines is 1. The third-order valence-corrected chi connectivity index (χ3v) is 1.06. The first-order valence-corrected chi connectivity index (χ1v) is 3.93. The fourth-order valence-corrected chi connectivity index (χ4v) is 0.612. The molecule has 0 aromatic carbocycles. The highest BCUT2D eigenvalue weighted by molar-refractivity contribution is 5.12. The van der Waals surface area contributed by atoms with Crippen molar-refractivity contribution in [1.29, 1.82) is 0 Å². The third kappa shape index (κ3) is 3.62. The number of nitrogens with two attached hydrogens (primary N) is 1. The Kier molecular flexibility index (Phi) is 5.45. The topological polar surface area (TPSA) is 67.6 Å². The van der Waals surface area contributed by atoms with Gasteiger partial charge in [-0.1, -0.05) is 13.8 Å². The average Bonchev–Trinajstić information content (AvgIpc) is 2.51. The summed E-state index contributed by atoms with van der Waals surface area (Å²) in [6.45, 7) is 4.00. The summed E-state index contributed by atoms with van der Waals surface area (Å²) >= 11 is 0. The summed E-state index contributed by atoms with van der Waals surface area (Å²) in [7, 11) is 0. The van der Waals surface area contributed by atoms with E-state index >= 15 is 0 Å². The molecule has 12 heavy (non-hydrogen) atoms. The van der Waals surface area contributed by atoms with Gasteiger partial charge < -0.3 is 5.73 Å². The predicted molar refractivity (Wildman–Crippen MR) is 49.3 cm³/mol. The van der Waals surface area contributed by atoms with Crippen molar-refractivity contribution in [1.82, 2.24) is 15.2 Å². The van der Waals surface area contributed by atoms with E-state index in [9.17, 15) is 0 Å². The van der Waals surface area contributed by atoms with Crippen LogP contribution in [-0.2, 0) is 6.42 Å². The molecule has 1 heterocycles. The lowest BCUT2D eigenvalue weighted by Crippen LogP contribution is -1.87. The molecule has 0 aliphatic heterocycles. The molecule has 1 aromatic rings. The molecule has 0 aliphatic rings. The highest BCUT2D eigenvalue weighted by atomic mass is 15.3. The van der Waals surface area contributed by atoms with Crippen molar-refractivity contribution in [2.75, 3.05) is 5.73 Å². The van der Waals surface area contributed by atoms with Gasteiger partial charge in [0, 0.05) is 12.8 Å². The van der Waals surface area contributed by atoms with Gasteiger partial charge in [-0.05, 0) is 0 Å². The molecule has 1 aromatic heterocycles. The smallest absolute Gasteiger partial charge is 0.239 e. The lowest BCUT2D eigenvalue weighted by Gasteiger charge is -1.84. The molecule has 0 bridgehead atoms. The minimum Gasteiger partial charge on any atom is -0.367 e. The number of aromatic amines is 1. The fourth-order valence-electron chi connectivity index (χ4n) is 0.612. The van der Waals surface area contributed by atoms with Crippen LogP contribution < -0.4 is 5.73 Å². The molecule has 0 saturated carbocycles. The van der Waals surface area contributed by atoms with Crippen molar-refractivity contribution < 1.29 is 0 Å². The molecule has 4 heteroatoms. The maximum absolute atomic E-state index is 5.25. The third-order valence-electron chi connectivity index (χ3n) is 1.06. The Hall–Kier alpha value is -1.50. The fraction of sp³-hybridized carbons (Fsp3) is 0.500. The largest absolute Gasteiger partial charge is 0.367 e. The van der Waals surface area contributed by atoms with Gasteiger partial charge in [0.25, 0.3) is 0 Å². The second kappa shape index (κ2) is 6.23. The lowest BCUT2D eigenvalue weighted by molar-refractivity contribution is 0.899. The Morgan fingerprint density at radius 1 is 1.58 bits per heavy atom. The Balaban J connectivity index is 0.000000561. The number of hydrogen-bond acceptors (Lipinski definition) is 3. The van der Waals surface area contributed by atoms with Gasteiger partial charge in [-0.25, -0.2) is 0 Å². The monoisotopic (exact) mass is 166 g/mol. The number of nitrogen functional groups attached to an aromatic ring is 1. The number of H-pyrrole nitrogens is 1. The van der Waals surface area contributed by atoms with Crippen LogP contribution in [-0.4, -0.2) is 15.2 Å². The van der Waals surface area contributed by atoms with Gasteiger partial charge >= 0.3 is 0 Å². The van der Waals surface area contributed by atoms with E-state index in [0.717, 1.165) is 5.82 Å². The van der Waals surface area contributed by atoms with Crippen LogP contribution in [0.1, 0.15) is 26.1 Å². The van der Waals surface area contributed by atoms with Crippen molar-refractivity contribution in [3.63, 3.8) is 0 Å². The van der Waals surface area contributed by atoms with Gasteiger partial charge in [-0.15, -0.1) is 17.4 Å². The molecule has 1 rings (SSSR count). The molecule has 0 amide bonds. The van der Waals surface area contributed by atoms with Gasteiger partial charge in [-0.2, -0.15) is 4.98 Å². The molecule has 66 valence electrons. The SMILES string of the molecule is C#CCCc1nc(N)n[nH]1.CC. The van der Waals surface area contributed by atoms with E-state index < -0.39 is 0 Å². The van der Waals surface area contributed by atoms with Crippen LogP contribution in [0.2, 0.25) is 0 Å². The summed E-state index contributed by atoms with van der Waals surface area (Å²) in [5.41, 5.74) is 5.25. The molecule has 0 aliphatic carbocycles. The van der Waals surface area contributed by atoms with Crippen molar-refractivity contribution in [2.45, 2.75) is 26.7 Å². The van der Waals surface area contributed by atoms with Gasteiger partial charge in [0.05, 0.1) is 0 Å². The van der Waals surface area contributed by atoms with Crippen LogP contribution in [0.15, 0.2) is 0 Å². The van der Waals surface area contributed by atoms with E-state index in [2.05, 4.69) is 21.1 Å². The van der Waals surface area contributed by atoms with Crippen LogP contribution in [0, 0.1) is 12.3 Å². The van der Waals surface area contributed by atoms with E-state index in [-0.39, 0.29) is 5.95 Å². The molecule has 0 saturated heterocycles. The normalized spacial score (nSPS) is 8.08. The Morgan fingerprint density at radius 2 is 2.25 bits per heavy atom. The maximum atomic E-state index is 5.25. The molecule has 0 radical (unpaired) electrons. The number of aromatic nitrogens is 3. The molecule has 0 atom stereocenters. The number of aryl methyl sites for hydroxylation is 1. The Bertz CT molecular complexity index is 246. The minimum atomic E-state index is 0.270. The summed E-state index contributed by atoms with van der Waals surface area (Å²) in [4.78, 5) is 3.86. The zero-order chi connectivity index (χ0) is 9.40. The van der Waals surface area contributed by atoms with Crippen LogP contribution in [0.3, 0.4) is 0 Å². The van der Waals surface area contributed by atoms with E-state index in [1.165, 1.54) is 0 Å². The lowest BCUT2D eigenvalue weighted by atomic mass is 10.3. The highest BCUT2D eigenvalue weighted by Gasteiger charge is 1.95. The van der Waals surface area contributed by atoms with Crippen molar-refractivity contribution in [3.05, 3.63) is 5.82 Å². The molecular weight excluding hydrogens is 152 g/mol. The van der Waals surface area contributed by atoms with Crippen LogP contribution in [0.25, 0.3) is 0 Å². The van der Waals surface area contributed by atoms with Gasteiger partial charge in [0.1, 0.15) is 5.82 Å². The summed E-state index contributed by atoms with van der Waals surface area (Å²) in [5, 5.41) is 6.30. The number of hydrogen-bond donors (Lipinski definition) is 2. The molecule has 0 spiro atoms. The first-order chi connectivity index (χ1) is 5.83. The van der Waals surface area contributed by atoms with E-state index in [0.29, 0.717) is 12.8 Å².